The van der Waals surface area contributed by atoms with E-state index in [-0.39, 0.29) is 39.6 Å². The molecule has 0 radical (unpaired) electrons. The molecule has 0 N–H and O–H groups in total. The van der Waals surface area contributed by atoms with Crippen molar-refractivity contribution in [1.29, 1.82) is 0 Å². The molecule has 0 aromatic heterocycles. The molecule has 36 heavy (non-hydrogen) atoms. The molecule has 0 aliphatic heterocycles. The third-order valence-electron chi connectivity index (χ3n) is 4.05. The highest BCUT2D eigenvalue weighted by Crippen LogP contribution is 2.49. The highest BCUT2D eigenvalue weighted by Gasteiger charge is 2.26. The number of hydrogen-bond donors (Lipinski definition) is 0. The summed E-state index contributed by atoms with van der Waals surface area (Å²) >= 11 is 0. The summed E-state index contributed by atoms with van der Waals surface area (Å²) in [5.74, 6) is 0. The van der Waals surface area contributed by atoms with Gasteiger partial charge in [0.1, 0.15) is 0 Å². The van der Waals surface area contributed by atoms with E-state index in [9.17, 15) is 4.57 Å². The lowest BCUT2D eigenvalue weighted by Crippen LogP contribution is -2.15. The van der Waals surface area contributed by atoms with Crippen LogP contribution in [0.2, 0.25) is 0 Å². The molecule has 0 aliphatic carbocycles. The zero-order valence-electron chi connectivity index (χ0n) is 22.5. The summed E-state index contributed by atoms with van der Waals surface area (Å²) < 4.78 is 71.7. The molecule has 0 saturated carbocycles. The van der Waals surface area contributed by atoms with Crippen molar-refractivity contribution in [1.82, 2.24) is 0 Å². The Morgan fingerprint density at radius 2 is 0.611 bits per heavy atom. The number of ether oxygens (including phenoxy) is 8. The molecule has 0 aromatic carbocycles. The Balaban J connectivity index is 4.05. The van der Waals surface area contributed by atoms with Crippen molar-refractivity contribution in [3.8, 4) is 0 Å². The zero-order valence-corrected chi connectivity index (χ0v) is 23.4. The van der Waals surface area contributed by atoms with Crippen molar-refractivity contribution >= 4 is 7.82 Å². The Kier molecular flexibility index (Phi) is 29.2. The molecular formula is C23H49O12P. The molecule has 0 fully saturated rings. The monoisotopic (exact) mass is 548 g/mol. The van der Waals surface area contributed by atoms with E-state index < -0.39 is 7.82 Å². The van der Waals surface area contributed by atoms with Crippen LogP contribution in [0.5, 0.6) is 0 Å². The lowest BCUT2D eigenvalue weighted by Gasteiger charge is -2.18. The fourth-order valence-corrected chi connectivity index (χ4v) is 3.49. The van der Waals surface area contributed by atoms with E-state index in [1.165, 1.54) is 0 Å². The Hall–Kier alpha value is -0.210. The SMILES string of the molecule is CCCOCCOCCOP(=O)(OCCOCCOCCOCC)OCCOCCOCCOCC. The summed E-state index contributed by atoms with van der Waals surface area (Å²) in [5.41, 5.74) is 0. The smallest absolute Gasteiger partial charge is 0.379 e. The third kappa shape index (κ3) is 26.8. The van der Waals surface area contributed by atoms with Gasteiger partial charge in [0.05, 0.1) is 106 Å². The van der Waals surface area contributed by atoms with Gasteiger partial charge in [-0.05, 0) is 20.3 Å². The van der Waals surface area contributed by atoms with Gasteiger partial charge >= 0.3 is 7.82 Å². The topological polar surface area (TPSA) is 119 Å². The van der Waals surface area contributed by atoms with Crippen LogP contribution in [0.25, 0.3) is 0 Å². The first-order valence-electron chi connectivity index (χ1n) is 12.8. The second kappa shape index (κ2) is 29.3. The Morgan fingerprint density at radius 3 is 0.889 bits per heavy atom. The van der Waals surface area contributed by atoms with Crippen LogP contribution in [0.1, 0.15) is 27.2 Å². The first kappa shape index (κ1) is 35.8. The zero-order chi connectivity index (χ0) is 26.4. The Morgan fingerprint density at radius 1 is 0.361 bits per heavy atom. The van der Waals surface area contributed by atoms with Gasteiger partial charge in [-0.25, -0.2) is 4.57 Å². The lowest BCUT2D eigenvalue weighted by molar-refractivity contribution is -0.00337. The van der Waals surface area contributed by atoms with Crippen molar-refractivity contribution < 1.29 is 56.0 Å². The maximum absolute atomic E-state index is 12.9. The summed E-state index contributed by atoms with van der Waals surface area (Å²) in [6.07, 6.45) is 0.955. The van der Waals surface area contributed by atoms with Crippen LogP contribution in [0.4, 0.5) is 0 Å². The van der Waals surface area contributed by atoms with E-state index in [0.29, 0.717) is 85.9 Å². The molecule has 218 valence electrons. The van der Waals surface area contributed by atoms with Gasteiger partial charge in [0, 0.05) is 19.8 Å². The molecule has 0 saturated heterocycles. The minimum absolute atomic E-state index is 0.0382. The highest BCUT2D eigenvalue weighted by molar-refractivity contribution is 7.48. The van der Waals surface area contributed by atoms with Crippen molar-refractivity contribution in [2.75, 3.05) is 126 Å². The summed E-state index contributed by atoms with van der Waals surface area (Å²) in [4.78, 5) is 0. The molecule has 0 amide bonds. The van der Waals surface area contributed by atoms with E-state index in [4.69, 9.17) is 51.5 Å². The van der Waals surface area contributed by atoms with Crippen LogP contribution < -0.4 is 0 Å². The van der Waals surface area contributed by atoms with Crippen LogP contribution in [0.3, 0.4) is 0 Å². The fraction of sp³-hybridized carbons (Fsp3) is 1.00. The van der Waals surface area contributed by atoms with Crippen LogP contribution in [-0.4, -0.2) is 126 Å². The van der Waals surface area contributed by atoms with Gasteiger partial charge in [0.2, 0.25) is 0 Å². The van der Waals surface area contributed by atoms with E-state index in [1.807, 2.05) is 20.8 Å². The second-order valence-corrected chi connectivity index (χ2v) is 8.68. The van der Waals surface area contributed by atoms with E-state index in [0.717, 1.165) is 6.42 Å². The molecule has 0 spiro atoms. The standard InChI is InChI=1S/C23H49O12P/c1-4-7-27-12-13-30-18-21-33-36(24,34-22-19-31-16-14-28-10-8-25-5-2)35-23-20-32-17-15-29-11-9-26-6-3/h4-23H2,1-3H3. The normalized spacial score (nSPS) is 12.0. The molecular weight excluding hydrogens is 499 g/mol. The molecule has 12 nitrogen and oxygen atoms in total. The van der Waals surface area contributed by atoms with Crippen LogP contribution in [-0.2, 0) is 56.0 Å². The number of phosphoric acid groups is 1. The largest absolute Gasteiger partial charge is 0.475 e. The average molecular weight is 549 g/mol. The summed E-state index contributed by atoms with van der Waals surface area (Å²) in [5, 5.41) is 0. The average Bonchev–Trinajstić information content (AvgIpc) is 2.88. The van der Waals surface area contributed by atoms with Gasteiger partial charge in [-0.2, -0.15) is 0 Å². The minimum Gasteiger partial charge on any atom is -0.379 e. The molecule has 0 aliphatic rings. The van der Waals surface area contributed by atoms with Crippen LogP contribution in [0.15, 0.2) is 0 Å². The minimum atomic E-state index is -3.80. The second-order valence-electron chi connectivity index (χ2n) is 7.01. The first-order valence-corrected chi connectivity index (χ1v) is 14.3. The first-order chi connectivity index (χ1) is 17.7. The van der Waals surface area contributed by atoms with E-state index in [2.05, 4.69) is 0 Å². The van der Waals surface area contributed by atoms with Gasteiger partial charge in [0.25, 0.3) is 0 Å². The predicted octanol–water partition coefficient (Wildman–Crippen LogP) is 2.73. The highest BCUT2D eigenvalue weighted by atomic mass is 31.2. The maximum Gasteiger partial charge on any atom is 0.475 e. The summed E-state index contributed by atoms with van der Waals surface area (Å²) in [7, 11) is -3.80. The summed E-state index contributed by atoms with van der Waals surface area (Å²) in [6.45, 7) is 13.4. The van der Waals surface area contributed by atoms with E-state index >= 15 is 0 Å². The Labute approximate surface area is 217 Å². The molecule has 0 rings (SSSR count). The fourth-order valence-electron chi connectivity index (χ4n) is 2.37. The molecule has 0 unspecified atom stereocenters. The number of rotatable bonds is 31. The third-order valence-corrected chi connectivity index (χ3v) is 5.54. The molecule has 0 bridgehead atoms. The van der Waals surface area contributed by atoms with Crippen molar-refractivity contribution in [3.05, 3.63) is 0 Å². The van der Waals surface area contributed by atoms with Crippen molar-refractivity contribution in [2.45, 2.75) is 27.2 Å². The maximum atomic E-state index is 12.9. The predicted molar refractivity (Wildman–Crippen MR) is 134 cm³/mol. The van der Waals surface area contributed by atoms with Gasteiger partial charge in [-0.15, -0.1) is 0 Å². The van der Waals surface area contributed by atoms with Crippen LogP contribution >= 0.6 is 7.82 Å². The molecule has 0 aromatic rings. The van der Waals surface area contributed by atoms with Crippen molar-refractivity contribution in [2.24, 2.45) is 0 Å². The number of hydrogen-bond acceptors (Lipinski definition) is 12. The Bertz CT molecular complexity index is 444. The van der Waals surface area contributed by atoms with Gasteiger partial charge < -0.3 is 37.9 Å². The van der Waals surface area contributed by atoms with Gasteiger partial charge in [-0.1, -0.05) is 6.92 Å². The molecule has 13 heteroatoms. The van der Waals surface area contributed by atoms with Gasteiger partial charge in [-0.3, -0.25) is 13.6 Å². The molecule has 0 heterocycles. The van der Waals surface area contributed by atoms with Crippen molar-refractivity contribution in [3.63, 3.8) is 0 Å². The van der Waals surface area contributed by atoms with Gasteiger partial charge in [0.15, 0.2) is 0 Å². The van der Waals surface area contributed by atoms with Crippen LogP contribution in [0, 0.1) is 0 Å². The summed E-state index contributed by atoms with van der Waals surface area (Å²) in [6, 6.07) is 0. The lowest BCUT2D eigenvalue weighted by atomic mass is 10.5. The van der Waals surface area contributed by atoms with E-state index in [1.54, 1.807) is 0 Å². The quantitative estimate of drug-likeness (QED) is 0.0936. The number of phosphoric ester groups is 1. The molecule has 0 atom stereocenters.